The van der Waals surface area contributed by atoms with Crippen LogP contribution in [0.4, 0.5) is 0 Å². The van der Waals surface area contributed by atoms with Gasteiger partial charge in [-0.05, 0) is 50.1 Å². The third-order valence-electron chi connectivity index (χ3n) is 5.63. The molecule has 0 aromatic heterocycles. The molecule has 3 rings (SSSR count). The number of carbonyl (C=O) groups is 1. The van der Waals surface area contributed by atoms with E-state index >= 15 is 0 Å². The highest BCUT2D eigenvalue weighted by Crippen LogP contribution is 2.29. The maximum absolute atomic E-state index is 11.6. The number of benzene rings is 2. The van der Waals surface area contributed by atoms with Crippen LogP contribution in [-0.2, 0) is 20.9 Å². The Morgan fingerprint density at radius 1 is 1.03 bits per heavy atom. The van der Waals surface area contributed by atoms with Gasteiger partial charge in [0.1, 0.15) is 12.4 Å². The zero-order valence-electron chi connectivity index (χ0n) is 18.8. The third kappa shape index (κ3) is 7.67. The lowest BCUT2D eigenvalue weighted by atomic mass is 9.97. The Balaban J connectivity index is 1.63. The van der Waals surface area contributed by atoms with Crippen molar-refractivity contribution in [3.8, 4) is 16.9 Å². The van der Waals surface area contributed by atoms with Crippen molar-refractivity contribution in [2.75, 3.05) is 33.4 Å². The highest BCUT2D eigenvalue weighted by atomic mass is 16.5. The molecule has 2 aromatic carbocycles. The zero-order chi connectivity index (χ0) is 21.9. The van der Waals surface area contributed by atoms with Crippen LogP contribution in [0.1, 0.15) is 44.6 Å². The summed E-state index contributed by atoms with van der Waals surface area (Å²) >= 11 is 0. The number of nitrogens with zero attached hydrogens (tertiary/aromatic N) is 1. The van der Waals surface area contributed by atoms with E-state index in [2.05, 4.69) is 36.4 Å². The maximum atomic E-state index is 11.6. The molecule has 0 bridgehead atoms. The normalized spacial score (nSPS) is 14.5. The highest BCUT2D eigenvalue weighted by Gasteiger charge is 2.16. The van der Waals surface area contributed by atoms with Crippen LogP contribution in [0.2, 0.25) is 0 Å². The van der Waals surface area contributed by atoms with E-state index in [1.54, 1.807) is 0 Å². The number of rotatable bonds is 11. The van der Waals surface area contributed by atoms with Gasteiger partial charge in [0.2, 0.25) is 0 Å². The fraction of sp³-hybridized carbons (Fsp3) is 0.500. The molecule has 0 N–H and O–H groups in total. The Morgan fingerprint density at radius 2 is 1.81 bits per heavy atom. The van der Waals surface area contributed by atoms with Gasteiger partial charge >= 0.3 is 5.97 Å². The number of hydrogen-bond donors (Lipinski definition) is 0. The Labute approximate surface area is 186 Å². The number of esters is 1. The fourth-order valence-electron chi connectivity index (χ4n) is 3.90. The van der Waals surface area contributed by atoms with Crippen LogP contribution in [-0.4, -0.2) is 50.3 Å². The molecule has 0 atom stereocenters. The average Bonchev–Trinajstić information content (AvgIpc) is 2.79. The van der Waals surface area contributed by atoms with E-state index in [-0.39, 0.29) is 12.5 Å². The fourth-order valence-corrected chi connectivity index (χ4v) is 3.90. The summed E-state index contributed by atoms with van der Waals surface area (Å²) in [7, 11) is 1.89. The van der Waals surface area contributed by atoms with Crippen molar-refractivity contribution in [1.82, 2.24) is 4.90 Å². The van der Waals surface area contributed by atoms with Crippen molar-refractivity contribution in [2.24, 2.45) is 0 Å². The summed E-state index contributed by atoms with van der Waals surface area (Å²) in [6.07, 6.45) is 6.46. The molecule has 0 spiro atoms. The summed E-state index contributed by atoms with van der Waals surface area (Å²) in [5, 5.41) is 0. The average molecular weight is 426 g/mol. The largest absolute Gasteiger partial charge is 0.492 e. The van der Waals surface area contributed by atoms with Crippen LogP contribution in [0, 0.1) is 0 Å². The number of ether oxygens (including phenoxy) is 3. The molecular formula is C26H35NO4. The van der Waals surface area contributed by atoms with Crippen LogP contribution in [0.25, 0.3) is 11.1 Å². The van der Waals surface area contributed by atoms with E-state index in [1.807, 2.05) is 31.0 Å². The summed E-state index contributed by atoms with van der Waals surface area (Å²) in [5.41, 5.74) is 3.41. The number of likely N-dealkylation sites (N-methyl/N-ethyl adjacent to an activating group) is 1. The van der Waals surface area contributed by atoms with Crippen LogP contribution < -0.4 is 4.74 Å². The quantitative estimate of drug-likeness (QED) is 0.470. The van der Waals surface area contributed by atoms with Crippen LogP contribution in [0.15, 0.2) is 48.5 Å². The molecule has 1 aliphatic rings. The Morgan fingerprint density at radius 3 is 2.55 bits per heavy atom. The second-order valence-corrected chi connectivity index (χ2v) is 8.15. The lowest BCUT2D eigenvalue weighted by molar-refractivity contribution is -0.144. The standard InChI is InChI=1S/C26H35NO4/c1-3-29-26(28)19-27(2)16-17-30-25-15-14-22(21-10-6-4-7-11-21)18-23(25)20-31-24-12-8-5-9-13-24/h4,6-7,10-11,14-15,18,24H,3,5,8-9,12-13,16-17,19-20H2,1-2H3. The molecule has 5 heteroatoms. The lowest BCUT2D eigenvalue weighted by Gasteiger charge is -2.23. The first kappa shape index (κ1) is 23.3. The predicted octanol–water partition coefficient (Wildman–Crippen LogP) is 5.08. The molecule has 0 amide bonds. The minimum Gasteiger partial charge on any atom is -0.492 e. The van der Waals surface area contributed by atoms with Crippen LogP contribution in [0.5, 0.6) is 5.75 Å². The van der Waals surface area contributed by atoms with Crippen LogP contribution in [0.3, 0.4) is 0 Å². The topological polar surface area (TPSA) is 48.0 Å². The molecule has 1 saturated carbocycles. The van der Waals surface area contributed by atoms with Crippen molar-refractivity contribution in [1.29, 1.82) is 0 Å². The molecule has 168 valence electrons. The van der Waals surface area contributed by atoms with Crippen molar-refractivity contribution in [2.45, 2.75) is 51.7 Å². The monoisotopic (exact) mass is 425 g/mol. The molecule has 1 fully saturated rings. The summed E-state index contributed by atoms with van der Waals surface area (Å²) in [6.45, 7) is 4.18. The van der Waals surface area contributed by atoms with Gasteiger partial charge in [0.05, 0.1) is 25.9 Å². The predicted molar refractivity (Wildman–Crippen MR) is 123 cm³/mol. The van der Waals surface area contributed by atoms with E-state index in [4.69, 9.17) is 14.2 Å². The van der Waals surface area contributed by atoms with Crippen molar-refractivity contribution < 1.29 is 19.0 Å². The second kappa shape index (κ2) is 12.5. The van der Waals surface area contributed by atoms with Gasteiger partial charge in [0, 0.05) is 12.1 Å². The van der Waals surface area contributed by atoms with E-state index in [0.29, 0.717) is 32.5 Å². The number of carbonyl (C=O) groups excluding carboxylic acids is 1. The summed E-state index contributed by atoms with van der Waals surface area (Å²) in [6, 6.07) is 16.7. The van der Waals surface area contributed by atoms with Gasteiger partial charge in [-0.3, -0.25) is 9.69 Å². The van der Waals surface area contributed by atoms with Crippen molar-refractivity contribution in [3.05, 3.63) is 54.1 Å². The molecule has 0 aliphatic heterocycles. The van der Waals surface area contributed by atoms with Gasteiger partial charge in [-0.2, -0.15) is 0 Å². The number of hydrogen-bond acceptors (Lipinski definition) is 5. The first-order chi connectivity index (χ1) is 15.2. The molecule has 0 saturated heterocycles. The van der Waals surface area contributed by atoms with Gasteiger partial charge < -0.3 is 14.2 Å². The molecule has 2 aromatic rings. The summed E-state index contributed by atoms with van der Waals surface area (Å²) < 4.78 is 17.4. The minimum absolute atomic E-state index is 0.209. The minimum atomic E-state index is -0.209. The molecular weight excluding hydrogens is 390 g/mol. The van der Waals surface area contributed by atoms with Gasteiger partial charge in [-0.15, -0.1) is 0 Å². The summed E-state index contributed by atoms with van der Waals surface area (Å²) in [5.74, 6) is 0.638. The Hall–Kier alpha value is -2.37. The van der Waals surface area contributed by atoms with Crippen LogP contribution >= 0.6 is 0 Å². The molecule has 31 heavy (non-hydrogen) atoms. The van der Waals surface area contributed by atoms with Gasteiger partial charge in [-0.25, -0.2) is 0 Å². The van der Waals surface area contributed by atoms with E-state index < -0.39 is 0 Å². The van der Waals surface area contributed by atoms with Gasteiger partial charge in [0.25, 0.3) is 0 Å². The second-order valence-electron chi connectivity index (χ2n) is 8.15. The van der Waals surface area contributed by atoms with Crippen molar-refractivity contribution in [3.63, 3.8) is 0 Å². The van der Waals surface area contributed by atoms with E-state index in [9.17, 15) is 4.79 Å². The third-order valence-corrected chi connectivity index (χ3v) is 5.63. The summed E-state index contributed by atoms with van der Waals surface area (Å²) in [4.78, 5) is 13.5. The Kier molecular flexibility index (Phi) is 9.38. The zero-order valence-corrected chi connectivity index (χ0v) is 18.8. The maximum Gasteiger partial charge on any atom is 0.320 e. The van der Waals surface area contributed by atoms with Crippen molar-refractivity contribution >= 4 is 5.97 Å². The smallest absolute Gasteiger partial charge is 0.320 e. The molecule has 5 nitrogen and oxygen atoms in total. The van der Waals surface area contributed by atoms with Gasteiger partial charge in [-0.1, -0.05) is 55.7 Å². The Bertz CT molecular complexity index is 802. The van der Waals surface area contributed by atoms with E-state index in [1.165, 1.54) is 24.8 Å². The lowest BCUT2D eigenvalue weighted by Crippen LogP contribution is -2.31. The first-order valence-electron chi connectivity index (χ1n) is 11.4. The molecule has 1 aliphatic carbocycles. The van der Waals surface area contributed by atoms with Gasteiger partial charge in [0.15, 0.2) is 0 Å². The molecule has 0 unspecified atom stereocenters. The molecule has 0 heterocycles. The first-order valence-corrected chi connectivity index (χ1v) is 11.4. The highest BCUT2D eigenvalue weighted by molar-refractivity contribution is 5.71. The SMILES string of the molecule is CCOC(=O)CN(C)CCOc1ccc(-c2ccccc2)cc1COC1CCCCC1. The molecule has 0 radical (unpaired) electrons. The van der Waals surface area contributed by atoms with E-state index in [0.717, 1.165) is 29.7 Å².